The SMILES string of the molecule is c1ccc2c(c1)CNC2C1CCCCC1. The van der Waals surface area contributed by atoms with Crippen LogP contribution in [0.2, 0.25) is 0 Å². The number of fused-ring (bicyclic) bond motifs is 1. The van der Waals surface area contributed by atoms with Gasteiger partial charge in [0.1, 0.15) is 0 Å². The van der Waals surface area contributed by atoms with Crippen LogP contribution in [0, 0.1) is 5.92 Å². The van der Waals surface area contributed by atoms with Gasteiger partial charge in [-0.15, -0.1) is 0 Å². The van der Waals surface area contributed by atoms with Crippen molar-refractivity contribution in [2.24, 2.45) is 5.92 Å². The third-order valence-electron chi connectivity index (χ3n) is 4.02. The fourth-order valence-electron chi connectivity index (χ4n) is 3.22. The van der Waals surface area contributed by atoms with Crippen molar-refractivity contribution in [3.63, 3.8) is 0 Å². The first-order valence-electron chi connectivity index (χ1n) is 6.26. The molecular weight excluding hydrogens is 182 g/mol. The average molecular weight is 201 g/mol. The molecule has 1 aromatic rings. The standard InChI is InChI=1S/C14H19N/c1-2-6-11(7-3-1)14-13-9-5-4-8-12(13)10-15-14/h4-5,8-9,11,14-15H,1-3,6-7,10H2. The number of benzene rings is 1. The first-order valence-corrected chi connectivity index (χ1v) is 6.26. The van der Waals surface area contributed by atoms with Gasteiger partial charge in [-0.3, -0.25) is 0 Å². The number of nitrogens with one attached hydrogen (secondary N) is 1. The van der Waals surface area contributed by atoms with Gasteiger partial charge in [0.2, 0.25) is 0 Å². The van der Waals surface area contributed by atoms with E-state index in [1.54, 1.807) is 5.56 Å². The summed E-state index contributed by atoms with van der Waals surface area (Å²) in [5, 5.41) is 3.69. The van der Waals surface area contributed by atoms with Crippen LogP contribution in [0.4, 0.5) is 0 Å². The van der Waals surface area contributed by atoms with Gasteiger partial charge < -0.3 is 5.32 Å². The molecule has 15 heavy (non-hydrogen) atoms. The van der Waals surface area contributed by atoms with Gasteiger partial charge in [-0.2, -0.15) is 0 Å². The predicted molar refractivity (Wildman–Crippen MR) is 62.6 cm³/mol. The molecule has 1 aromatic carbocycles. The number of hydrogen-bond acceptors (Lipinski definition) is 1. The zero-order valence-corrected chi connectivity index (χ0v) is 9.21. The van der Waals surface area contributed by atoms with E-state index in [2.05, 4.69) is 29.6 Å². The van der Waals surface area contributed by atoms with E-state index in [0.29, 0.717) is 6.04 Å². The van der Waals surface area contributed by atoms with Gasteiger partial charge in [0, 0.05) is 12.6 Å². The molecule has 1 nitrogen and oxygen atoms in total. The molecule has 1 atom stereocenters. The monoisotopic (exact) mass is 201 g/mol. The highest BCUT2D eigenvalue weighted by molar-refractivity contribution is 5.34. The molecule has 3 rings (SSSR count). The molecule has 1 heteroatoms. The lowest BCUT2D eigenvalue weighted by atomic mass is 9.81. The Bertz CT molecular complexity index is 339. The largest absolute Gasteiger partial charge is 0.306 e. The topological polar surface area (TPSA) is 12.0 Å². The van der Waals surface area contributed by atoms with Crippen molar-refractivity contribution >= 4 is 0 Å². The van der Waals surface area contributed by atoms with Crippen LogP contribution in [0.1, 0.15) is 49.3 Å². The highest BCUT2D eigenvalue weighted by Crippen LogP contribution is 2.38. The van der Waals surface area contributed by atoms with Crippen molar-refractivity contribution in [2.45, 2.75) is 44.7 Å². The van der Waals surface area contributed by atoms with Gasteiger partial charge in [0.05, 0.1) is 0 Å². The van der Waals surface area contributed by atoms with E-state index >= 15 is 0 Å². The van der Waals surface area contributed by atoms with E-state index < -0.39 is 0 Å². The second kappa shape index (κ2) is 3.97. The van der Waals surface area contributed by atoms with Crippen LogP contribution in [0.5, 0.6) is 0 Å². The maximum Gasteiger partial charge on any atom is 0.0354 e. The Kier molecular flexibility index (Phi) is 2.49. The van der Waals surface area contributed by atoms with E-state index in [-0.39, 0.29) is 0 Å². The Balaban J connectivity index is 1.83. The molecule has 0 bridgehead atoms. The summed E-state index contributed by atoms with van der Waals surface area (Å²) < 4.78 is 0. The summed E-state index contributed by atoms with van der Waals surface area (Å²) in [7, 11) is 0. The molecule has 1 N–H and O–H groups in total. The first-order chi connectivity index (χ1) is 7.45. The number of rotatable bonds is 1. The minimum atomic E-state index is 0.654. The molecule has 1 unspecified atom stereocenters. The van der Waals surface area contributed by atoms with Gasteiger partial charge in [-0.1, -0.05) is 43.5 Å². The van der Waals surface area contributed by atoms with E-state index in [9.17, 15) is 0 Å². The van der Waals surface area contributed by atoms with Crippen molar-refractivity contribution in [1.29, 1.82) is 0 Å². The third-order valence-corrected chi connectivity index (χ3v) is 4.02. The molecule has 0 radical (unpaired) electrons. The summed E-state index contributed by atoms with van der Waals surface area (Å²) >= 11 is 0. The van der Waals surface area contributed by atoms with Crippen molar-refractivity contribution < 1.29 is 0 Å². The van der Waals surface area contributed by atoms with Crippen molar-refractivity contribution in [2.75, 3.05) is 0 Å². The molecule has 1 heterocycles. The van der Waals surface area contributed by atoms with Crippen molar-refractivity contribution in [3.05, 3.63) is 35.4 Å². The molecule has 2 aliphatic rings. The maximum atomic E-state index is 3.69. The van der Waals surface area contributed by atoms with E-state index in [4.69, 9.17) is 0 Å². The quantitative estimate of drug-likeness (QED) is 0.734. The average Bonchev–Trinajstić information content (AvgIpc) is 2.74. The summed E-state index contributed by atoms with van der Waals surface area (Å²) in [5.74, 6) is 0.891. The molecule has 0 aromatic heterocycles. The Morgan fingerprint density at radius 1 is 1.00 bits per heavy atom. The van der Waals surface area contributed by atoms with Gasteiger partial charge >= 0.3 is 0 Å². The molecular formula is C14H19N. The van der Waals surface area contributed by atoms with E-state index in [1.165, 1.54) is 37.7 Å². The predicted octanol–water partition coefficient (Wildman–Crippen LogP) is 3.41. The summed E-state index contributed by atoms with van der Waals surface area (Å²) in [4.78, 5) is 0. The lowest BCUT2D eigenvalue weighted by Crippen LogP contribution is -2.23. The van der Waals surface area contributed by atoms with Crippen LogP contribution in [0.25, 0.3) is 0 Å². The van der Waals surface area contributed by atoms with Gasteiger partial charge in [0.15, 0.2) is 0 Å². The highest BCUT2D eigenvalue weighted by Gasteiger charge is 2.29. The molecule has 80 valence electrons. The summed E-state index contributed by atoms with van der Waals surface area (Å²) in [5.41, 5.74) is 3.09. The fourth-order valence-corrected chi connectivity index (χ4v) is 3.22. The Morgan fingerprint density at radius 3 is 2.67 bits per heavy atom. The lowest BCUT2D eigenvalue weighted by molar-refractivity contribution is 0.282. The smallest absolute Gasteiger partial charge is 0.0354 e. The molecule has 1 aliphatic carbocycles. The molecule has 1 fully saturated rings. The lowest BCUT2D eigenvalue weighted by Gasteiger charge is -2.28. The zero-order valence-electron chi connectivity index (χ0n) is 9.21. The summed E-state index contributed by atoms with van der Waals surface area (Å²) in [6.45, 7) is 1.08. The van der Waals surface area contributed by atoms with Crippen molar-refractivity contribution in [3.8, 4) is 0 Å². The van der Waals surface area contributed by atoms with Crippen LogP contribution >= 0.6 is 0 Å². The summed E-state index contributed by atoms with van der Waals surface area (Å²) in [6.07, 6.45) is 7.17. The zero-order chi connectivity index (χ0) is 10.1. The first kappa shape index (κ1) is 9.41. The van der Waals surface area contributed by atoms with Crippen LogP contribution in [-0.4, -0.2) is 0 Å². The number of hydrogen-bond donors (Lipinski definition) is 1. The van der Waals surface area contributed by atoms with E-state index in [0.717, 1.165) is 12.5 Å². The van der Waals surface area contributed by atoms with Gasteiger partial charge in [0.25, 0.3) is 0 Å². The van der Waals surface area contributed by atoms with Crippen LogP contribution in [0.15, 0.2) is 24.3 Å². The molecule has 0 saturated heterocycles. The normalized spacial score (nSPS) is 26.5. The fraction of sp³-hybridized carbons (Fsp3) is 0.571. The van der Waals surface area contributed by atoms with Gasteiger partial charge in [-0.05, 0) is 29.9 Å². The van der Waals surface area contributed by atoms with Crippen LogP contribution in [-0.2, 0) is 6.54 Å². The van der Waals surface area contributed by atoms with Crippen molar-refractivity contribution in [1.82, 2.24) is 5.32 Å². The molecule has 1 aliphatic heterocycles. The minimum Gasteiger partial charge on any atom is -0.306 e. The molecule has 0 amide bonds. The molecule has 1 saturated carbocycles. The molecule has 0 spiro atoms. The third kappa shape index (κ3) is 1.69. The highest BCUT2D eigenvalue weighted by atomic mass is 14.9. The second-order valence-corrected chi connectivity index (χ2v) is 4.96. The second-order valence-electron chi connectivity index (χ2n) is 4.96. The van der Waals surface area contributed by atoms with Crippen LogP contribution in [0.3, 0.4) is 0 Å². The Morgan fingerprint density at radius 2 is 1.80 bits per heavy atom. The van der Waals surface area contributed by atoms with Crippen LogP contribution < -0.4 is 5.32 Å². The summed E-state index contributed by atoms with van der Waals surface area (Å²) in [6, 6.07) is 9.58. The van der Waals surface area contributed by atoms with E-state index in [1.807, 2.05) is 0 Å². The Labute approximate surface area is 91.9 Å². The minimum absolute atomic E-state index is 0.654. The maximum absolute atomic E-state index is 3.69. The Hall–Kier alpha value is -0.820. The van der Waals surface area contributed by atoms with Gasteiger partial charge in [-0.25, -0.2) is 0 Å².